The molecule has 108 valence electrons. The minimum absolute atomic E-state index is 0.230. The van der Waals surface area contributed by atoms with Gasteiger partial charge in [-0.05, 0) is 18.4 Å². The molecule has 0 amide bonds. The number of imidazole rings is 1. The fraction of sp³-hybridized carbons (Fsp3) is 0.214. The minimum Gasteiger partial charge on any atom is -0.335 e. The molecule has 0 aliphatic heterocycles. The number of H-pyrrole nitrogens is 3. The van der Waals surface area contributed by atoms with E-state index in [4.69, 9.17) is 5.73 Å². The molecule has 0 aliphatic rings. The van der Waals surface area contributed by atoms with Crippen LogP contribution in [0.4, 0.5) is 0 Å². The van der Waals surface area contributed by atoms with E-state index in [0.29, 0.717) is 12.2 Å². The average Bonchev–Trinajstić information content (AvgIpc) is 2.90. The van der Waals surface area contributed by atoms with Gasteiger partial charge in [0.2, 0.25) is 0 Å². The van der Waals surface area contributed by atoms with Crippen LogP contribution in [0.2, 0.25) is 0 Å². The van der Waals surface area contributed by atoms with Crippen LogP contribution >= 0.6 is 0 Å². The summed E-state index contributed by atoms with van der Waals surface area (Å²) in [5, 5.41) is 0. The van der Waals surface area contributed by atoms with Gasteiger partial charge in [-0.25, -0.2) is 9.78 Å². The summed E-state index contributed by atoms with van der Waals surface area (Å²) in [6.45, 7) is 0. The Morgan fingerprint density at radius 3 is 2.62 bits per heavy atom. The third-order valence-electron chi connectivity index (χ3n) is 3.35. The third-order valence-corrected chi connectivity index (χ3v) is 3.35. The highest BCUT2D eigenvalue weighted by Gasteiger charge is 2.13. The maximum absolute atomic E-state index is 11.6. The Hall–Kier alpha value is -2.67. The van der Waals surface area contributed by atoms with E-state index in [1.807, 2.05) is 30.3 Å². The van der Waals surface area contributed by atoms with E-state index in [-0.39, 0.29) is 17.2 Å². The monoisotopic (exact) mass is 285 g/mol. The second-order valence-corrected chi connectivity index (χ2v) is 4.88. The molecule has 0 spiro atoms. The summed E-state index contributed by atoms with van der Waals surface area (Å²) in [6.07, 6.45) is 1.50. The van der Waals surface area contributed by atoms with Gasteiger partial charge in [-0.15, -0.1) is 0 Å². The van der Waals surface area contributed by atoms with Gasteiger partial charge in [-0.3, -0.25) is 14.8 Å². The quantitative estimate of drug-likeness (QED) is 0.560. The van der Waals surface area contributed by atoms with Gasteiger partial charge in [0.05, 0.1) is 6.04 Å². The first-order valence-corrected chi connectivity index (χ1v) is 6.65. The number of aryl methyl sites for hydroxylation is 1. The number of aromatic nitrogens is 4. The first kappa shape index (κ1) is 13.3. The van der Waals surface area contributed by atoms with E-state index >= 15 is 0 Å². The molecular weight excluding hydrogens is 270 g/mol. The van der Waals surface area contributed by atoms with Crippen molar-refractivity contribution >= 4 is 11.2 Å². The number of nitrogens with two attached hydrogens (primary N) is 1. The van der Waals surface area contributed by atoms with Crippen molar-refractivity contribution in [3.8, 4) is 0 Å². The van der Waals surface area contributed by atoms with Gasteiger partial charge in [0, 0.05) is 0 Å². The zero-order chi connectivity index (χ0) is 14.8. The van der Waals surface area contributed by atoms with Gasteiger partial charge in [0.15, 0.2) is 5.65 Å². The molecule has 0 radical (unpaired) electrons. The predicted octanol–water partition coefficient (Wildman–Crippen LogP) is 0.572. The number of hydrogen-bond acceptors (Lipinski definition) is 4. The second kappa shape index (κ2) is 5.37. The van der Waals surface area contributed by atoms with Gasteiger partial charge < -0.3 is 10.7 Å². The first-order valence-electron chi connectivity index (χ1n) is 6.65. The summed E-state index contributed by atoms with van der Waals surface area (Å²) in [5.41, 5.74) is 6.68. The smallest absolute Gasteiger partial charge is 0.327 e. The number of nitrogens with zero attached hydrogens (tertiary/aromatic N) is 1. The molecule has 0 saturated carbocycles. The molecule has 3 aromatic rings. The van der Waals surface area contributed by atoms with Gasteiger partial charge in [-0.2, -0.15) is 0 Å². The van der Waals surface area contributed by atoms with Crippen LogP contribution in [0.3, 0.4) is 0 Å². The highest BCUT2D eigenvalue weighted by molar-refractivity contribution is 5.68. The topological polar surface area (TPSA) is 120 Å². The first-order chi connectivity index (χ1) is 10.1. The number of hydrogen-bond donors (Lipinski definition) is 4. The van der Waals surface area contributed by atoms with Crippen LogP contribution in [-0.4, -0.2) is 19.9 Å². The standard InChI is InChI=1S/C14H15N5O2/c15-9(7-6-8-4-2-1-3-5-8)11-16-10-12(17-11)18-14(21)19-13(10)20/h1-5,9H,6-7,15H2,(H3,16,17,18,19,20,21). The number of nitrogens with one attached hydrogen (secondary N) is 3. The number of fused-ring (bicyclic) bond motifs is 1. The van der Waals surface area contributed by atoms with Crippen LogP contribution < -0.4 is 17.0 Å². The molecule has 1 aromatic carbocycles. The van der Waals surface area contributed by atoms with Crippen molar-refractivity contribution in [2.75, 3.05) is 0 Å². The molecule has 7 heteroatoms. The predicted molar refractivity (Wildman–Crippen MR) is 79.0 cm³/mol. The zero-order valence-corrected chi connectivity index (χ0v) is 11.2. The molecule has 0 saturated heterocycles. The van der Waals surface area contributed by atoms with Crippen LogP contribution in [0.1, 0.15) is 23.9 Å². The second-order valence-electron chi connectivity index (χ2n) is 4.88. The summed E-state index contributed by atoms with van der Waals surface area (Å²) < 4.78 is 0. The van der Waals surface area contributed by atoms with E-state index in [9.17, 15) is 9.59 Å². The van der Waals surface area contributed by atoms with Crippen LogP contribution in [0.15, 0.2) is 39.9 Å². The van der Waals surface area contributed by atoms with Crippen molar-refractivity contribution in [3.05, 3.63) is 62.6 Å². The van der Waals surface area contributed by atoms with Gasteiger partial charge in [-0.1, -0.05) is 30.3 Å². The largest absolute Gasteiger partial charge is 0.335 e. The molecular formula is C14H15N5O2. The number of aromatic amines is 3. The molecule has 7 nitrogen and oxygen atoms in total. The summed E-state index contributed by atoms with van der Waals surface area (Å²) in [6, 6.07) is 9.66. The van der Waals surface area contributed by atoms with Crippen LogP contribution in [0.25, 0.3) is 11.2 Å². The molecule has 2 aromatic heterocycles. The molecule has 0 bridgehead atoms. The van der Waals surface area contributed by atoms with Crippen LogP contribution in [0, 0.1) is 0 Å². The summed E-state index contributed by atoms with van der Waals surface area (Å²) >= 11 is 0. The van der Waals surface area contributed by atoms with Gasteiger partial charge >= 0.3 is 5.69 Å². The van der Waals surface area contributed by atoms with E-state index in [1.165, 1.54) is 5.56 Å². The third kappa shape index (κ3) is 2.77. The lowest BCUT2D eigenvalue weighted by molar-refractivity contribution is 0.621. The lowest BCUT2D eigenvalue weighted by Gasteiger charge is -2.08. The molecule has 21 heavy (non-hydrogen) atoms. The summed E-state index contributed by atoms with van der Waals surface area (Å²) in [5.74, 6) is 0.494. The van der Waals surface area contributed by atoms with Crippen molar-refractivity contribution in [1.29, 1.82) is 0 Å². The van der Waals surface area contributed by atoms with Gasteiger partial charge in [0.1, 0.15) is 11.3 Å². The maximum Gasteiger partial charge on any atom is 0.327 e. The SMILES string of the molecule is NC(CCc1ccccc1)c1nc2[nH]c(=O)[nH]c(=O)c2[nH]1. The lowest BCUT2D eigenvalue weighted by Crippen LogP contribution is -2.21. The molecule has 5 N–H and O–H groups in total. The minimum atomic E-state index is -0.580. The molecule has 0 fully saturated rings. The van der Waals surface area contributed by atoms with Crippen molar-refractivity contribution < 1.29 is 0 Å². The highest BCUT2D eigenvalue weighted by atomic mass is 16.2. The molecule has 1 unspecified atom stereocenters. The Kier molecular flexibility index (Phi) is 3.41. The fourth-order valence-electron chi connectivity index (χ4n) is 2.23. The van der Waals surface area contributed by atoms with E-state index in [1.54, 1.807) is 0 Å². The average molecular weight is 285 g/mol. The van der Waals surface area contributed by atoms with E-state index in [2.05, 4.69) is 19.9 Å². The van der Waals surface area contributed by atoms with Crippen LogP contribution in [0.5, 0.6) is 0 Å². The van der Waals surface area contributed by atoms with E-state index < -0.39 is 11.2 Å². The van der Waals surface area contributed by atoms with Gasteiger partial charge in [0.25, 0.3) is 5.56 Å². The van der Waals surface area contributed by atoms with Crippen molar-refractivity contribution in [2.24, 2.45) is 5.73 Å². The fourth-order valence-corrected chi connectivity index (χ4v) is 2.23. The number of rotatable bonds is 4. The molecule has 1 atom stereocenters. The normalized spacial score (nSPS) is 12.6. The zero-order valence-electron chi connectivity index (χ0n) is 11.2. The lowest BCUT2D eigenvalue weighted by atomic mass is 10.1. The van der Waals surface area contributed by atoms with E-state index in [0.717, 1.165) is 6.42 Å². The maximum atomic E-state index is 11.6. The molecule has 3 rings (SSSR count). The summed E-state index contributed by atoms with van der Waals surface area (Å²) in [4.78, 5) is 34.5. The Balaban J connectivity index is 1.82. The highest BCUT2D eigenvalue weighted by Crippen LogP contribution is 2.15. The Bertz CT molecular complexity index is 862. The van der Waals surface area contributed by atoms with Crippen molar-refractivity contribution in [2.45, 2.75) is 18.9 Å². The van der Waals surface area contributed by atoms with Crippen molar-refractivity contribution in [1.82, 2.24) is 19.9 Å². The Morgan fingerprint density at radius 2 is 1.86 bits per heavy atom. The van der Waals surface area contributed by atoms with Crippen LogP contribution in [-0.2, 0) is 6.42 Å². The summed E-state index contributed by atoms with van der Waals surface area (Å²) in [7, 11) is 0. The Morgan fingerprint density at radius 1 is 1.10 bits per heavy atom. The molecule has 0 aliphatic carbocycles. The molecule has 2 heterocycles. The van der Waals surface area contributed by atoms with Crippen molar-refractivity contribution in [3.63, 3.8) is 0 Å². The number of benzene rings is 1. The Labute approximate surface area is 119 Å².